The van der Waals surface area contributed by atoms with E-state index in [9.17, 15) is 9.59 Å². The van der Waals surface area contributed by atoms with Crippen LogP contribution < -0.4 is 11.1 Å². The molecule has 0 saturated heterocycles. The van der Waals surface area contributed by atoms with E-state index >= 15 is 0 Å². The van der Waals surface area contributed by atoms with Crippen LogP contribution in [0.5, 0.6) is 0 Å². The van der Waals surface area contributed by atoms with E-state index in [4.69, 9.17) is 22.4 Å². The van der Waals surface area contributed by atoms with Crippen LogP contribution in [0, 0.1) is 6.92 Å². The molecule has 0 bridgehead atoms. The lowest BCUT2D eigenvalue weighted by Crippen LogP contribution is -2.42. The Morgan fingerprint density at radius 3 is 2.62 bits per heavy atom. The van der Waals surface area contributed by atoms with Gasteiger partial charge in [-0.05, 0) is 30.7 Å². The van der Waals surface area contributed by atoms with Crippen LogP contribution in [0.2, 0.25) is 5.02 Å². The molecule has 0 fully saturated rings. The van der Waals surface area contributed by atoms with Gasteiger partial charge in [0.1, 0.15) is 0 Å². The van der Waals surface area contributed by atoms with Crippen molar-refractivity contribution < 1.29 is 14.7 Å². The number of nitrogens with one attached hydrogen (secondary N) is 1. The zero-order valence-corrected chi connectivity index (χ0v) is 9.28. The van der Waals surface area contributed by atoms with Crippen molar-refractivity contribution in [3.63, 3.8) is 0 Å². The van der Waals surface area contributed by atoms with Gasteiger partial charge in [0.15, 0.2) is 6.04 Å². The van der Waals surface area contributed by atoms with Crippen LogP contribution in [0.15, 0.2) is 18.2 Å². The highest BCUT2D eigenvalue weighted by Crippen LogP contribution is 2.19. The number of rotatable bonds is 3. The van der Waals surface area contributed by atoms with Crippen molar-refractivity contribution in [3.8, 4) is 0 Å². The molecule has 0 aliphatic heterocycles. The maximum Gasteiger partial charge on any atom is 0.330 e. The molecule has 1 rings (SSSR count). The van der Waals surface area contributed by atoms with Gasteiger partial charge in [-0.15, -0.1) is 0 Å². The fourth-order valence-corrected chi connectivity index (χ4v) is 1.32. The molecule has 0 heterocycles. The first-order valence-corrected chi connectivity index (χ1v) is 4.85. The molecule has 4 N–H and O–H groups in total. The Kier molecular flexibility index (Phi) is 3.87. The Bertz CT molecular complexity index is 434. The molecule has 86 valence electrons. The van der Waals surface area contributed by atoms with Crippen molar-refractivity contribution in [2.45, 2.75) is 13.0 Å². The normalized spacial score (nSPS) is 11.9. The third-order valence-corrected chi connectivity index (χ3v) is 2.23. The Morgan fingerprint density at radius 2 is 2.12 bits per heavy atom. The average molecular weight is 243 g/mol. The number of hydrogen-bond donors (Lipinski definition) is 3. The van der Waals surface area contributed by atoms with Gasteiger partial charge in [-0.2, -0.15) is 0 Å². The summed E-state index contributed by atoms with van der Waals surface area (Å²) in [6.07, 6.45) is 0. The van der Waals surface area contributed by atoms with Crippen LogP contribution in [0.25, 0.3) is 0 Å². The highest BCUT2D eigenvalue weighted by atomic mass is 35.5. The lowest BCUT2D eigenvalue weighted by atomic mass is 10.2. The summed E-state index contributed by atoms with van der Waals surface area (Å²) in [7, 11) is 0. The third-order valence-electron chi connectivity index (χ3n) is 1.99. The van der Waals surface area contributed by atoms with Gasteiger partial charge in [0.2, 0.25) is 0 Å². The number of carbonyl (C=O) groups excluding carboxylic acids is 1. The minimum atomic E-state index is -1.57. The molecule has 0 aliphatic carbocycles. The van der Waals surface area contributed by atoms with Crippen molar-refractivity contribution in [2.75, 3.05) is 5.32 Å². The number of halogens is 1. The van der Waals surface area contributed by atoms with E-state index < -0.39 is 17.9 Å². The molecule has 1 unspecified atom stereocenters. The molecule has 1 amide bonds. The number of aryl methyl sites for hydroxylation is 1. The molecule has 0 aromatic heterocycles. The van der Waals surface area contributed by atoms with Crippen molar-refractivity contribution in [3.05, 3.63) is 28.8 Å². The van der Waals surface area contributed by atoms with Crippen molar-refractivity contribution in [2.24, 2.45) is 5.73 Å². The molecule has 0 aliphatic rings. The van der Waals surface area contributed by atoms with Gasteiger partial charge < -0.3 is 16.2 Å². The first-order chi connectivity index (χ1) is 7.41. The van der Waals surface area contributed by atoms with Crippen LogP contribution >= 0.6 is 11.6 Å². The van der Waals surface area contributed by atoms with Crippen LogP contribution in [0.1, 0.15) is 5.56 Å². The summed E-state index contributed by atoms with van der Waals surface area (Å²) in [6, 6.07) is 3.26. The molecular weight excluding hydrogens is 232 g/mol. The minimum Gasteiger partial charge on any atom is -0.480 e. The molecule has 6 heteroatoms. The smallest absolute Gasteiger partial charge is 0.330 e. The summed E-state index contributed by atoms with van der Waals surface area (Å²) in [6.45, 7) is 1.74. The SMILES string of the molecule is Cc1cc(Cl)ccc1NC(=O)C(N)C(=O)O. The second-order valence-electron chi connectivity index (χ2n) is 3.26. The third kappa shape index (κ3) is 2.95. The number of carbonyl (C=O) groups is 2. The van der Waals surface area contributed by atoms with Gasteiger partial charge in [-0.3, -0.25) is 4.79 Å². The Labute approximate surface area is 97.2 Å². The first kappa shape index (κ1) is 12.5. The molecular formula is C10H11ClN2O3. The molecule has 0 radical (unpaired) electrons. The van der Waals surface area contributed by atoms with Gasteiger partial charge >= 0.3 is 5.97 Å². The highest BCUT2D eigenvalue weighted by Gasteiger charge is 2.21. The molecule has 16 heavy (non-hydrogen) atoms. The number of amides is 1. The first-order valence-electron chi connectivity index (χ1n) is 4.47. The van der Waals surface area contributed by atoms with Crippen molar-refractivity contribution >= 4 is 29.2 Å². The van der Waals surface area contributed by atoms with Gasteiger partial charge in [0.05, 0.1) is 0 Å². The number of benzene rings is 1. The summed E-state index contributed by atoms with van der Waals surface area (Å²) < 4.78 is 0. The fraction of sp³-hybridized carbons (Fsp3) is 0.200. The highest BCUT2D eigenvalue weighted by molar-refractivity contribution is 6.30. The number of carboxylic acid groups (broad SMARTS) is 1. The van der Waals surface area contributed by atoms with Crippen LogP contribution in [0.3, 0.4) is 0 Å². The maximum absolute atomic E-state index is 11.3. The fourth-order valence-electron chi connectivity index (χ4n) is 1.09. The molecule has 1 atom stereocenters. The van der Waals surface area contributed by atoms with Crippen molar-refractivity contribution in [1.82, 2.24) is 0 Å². The zero-order chi connectivity index (χ0) is 12.3. The number of aliphatic carboxylic acids is 1. The lowest BCUT2D eigenvalue weighted by molar-refractivity contribution is -0.141. The zero-order valence-electron chi connectivity index (χ0n) is 8.53. The quantitative estimate of drug-likeness (QED) is 0.690. The summed E-state index contributed by atoms with van der Waals surface area (Å²) in [5.41, 5.74) is 6.38. The number of carboxylic acids is 1. The van der Waals surface area contributed by atoms with Gasteiger partial charge in [-0.25, -0.2) is 4.79 Å². The van der Waals surface area contributed by atoms with E-state index in [0.29, 0.717) is 10.7 Å². The number of anilines is 1. The van der Waals surface area contributed by atoms with Crippen LogP contribution in [-0.4, -0.2) is 23.0 Å². The second-order valence-corrected chi connectivity index (χ2v) is 3.70. The molecule has 0 saturated carbocycles. The largest absolute Gasteiger partial charge is 0.480 e. The van der Waals surface area contributed by atoms with E-state index in [1.165, 1.54) is 0 Å². The summed E-state index contributed by atoms with van der Waals surface area (Å²) in [5, 5.41) is 11.5. The Hall–Kier alpha value is -1.59. The van der Waals surface area contributed by atoms with Crippen LogP contribution in [0.4, 0.5) is 5.69 Å². The van der Waals surface area contributed by atoms with E-state index in [-0.39, 0.29) is 0 Å². The minimum absolute atomic E-state index is 0.492. The molecule has 1 aromatic rings. The predicted molar refractivity (Wildman–Crippen MR) is 60.4 cm³/mol. The maximum atomic E-state index is 11.3. The second kappa shape index (κ2) is 4.96. The Balaban J connectivity index is 2.81. The van der Waals surface area contributed by atoms with Gasteiger partial charge in [0.25, 0.3) is 5.91 Å². The molecule has 1 aromatic carbocycles. The van der Waals surface area contributed by atoms with E-state index in [1.54, 1.807) is 25.1 Å². The van der Waals surface area contributed by atoms with Gasteiger partial charge in [0, 0.05) is 10.7 Å². The topological polar surface area (TPSA) is 92.4 Å². The van der Waals surface area contributed by atoms with Crippen molar-refractivity contribution in [1.29, 1.82) is 0 Å². The van der Waals surface area contributed by atoms with Crippen LogP contribution in [-0.2, 0) is 9.59 Å². The van der Waals surface area contributed by atoms with E-state index in [2.05, 4.69) is 5.32 Å². The standard InChI is InChI=1S/C10H11ClN2O3/c1-5-4-6(11)2-3-7(5)13-9(14)8(12)10(15)16/h2-4,8H,12H2,1H3,(H,13,14)(H,15,16). The Morgan fingerprint density at radius 1 is 1.50 bits per heavy atom. The summed E-state index contributed by atoms with van der Waals surface area (Å²) in [4.78, 5) is 21.8. The van der Waals surface area contributed by atoms with Gasteiger partial charge in [-0.1, -0.05) is 11.6 Å². The molecule has 5 nitrogen and oxygen atoms in total. The van der Waals surface area contributed by atoms with E-state index in [0.717, 1.165) is 5.56 Å². The number of nitrogens with two attached hydrogens (primary N) is 1. The lowest BCUT2D eigenvalue weighted by Gasteiger charge is -2.10. The predicted octanol–water partition coefficient (Wildman–Crippen LogP) is 0.999. The summed E-state index contributed by atoms with van der Waals surface area (Å²) >= 11 is 5.73. The number of hydrogen-bond acceptors (Lipinski definition) is 3. The van der Waals surface area contributed by atoms with E-state index in [1.807, 2.05) is 0 Å². The summed E-state index contributed by atoms with van der Waals surface area (Å²) in [5.74, 6) is -2.14. The molecule has 0 spiro atoms. The monoisotopic (exact) mass is 242 g/mol. The average Bonchev–Trinajstić information content (AvgIpc) is 2.20.